The second-order valence-electron chi connectivity index (χ2n) is 4.70. The van der Waals surface area contributed by atoms with E-state index < -0.39 is 0 Å². The van der Waals surface area contributed by atoms with E-state index in [1.807, 2.05) is 6.07 Å². The number of rotatable bonds is 4. The molecule has 19 heavy (non-hydrogen) atoms. The number of aryl methyl sites for hydroxylation is 1. The fourth-order valence-corrected chi connectivity index (χ4v) is 2.41. The van der Waals surface area contributed by atoms with Crippen molar-refractivity contribution in [3.63, 3.8) is 0 Å². The molecule has 0 aliphatic rings. The Labute approximate surface area is 112 Å². The zero-order valence-electron chi connectivity index (χ0n) is 11.1. The lowest BCUT2D eigenvalue weighted by atomic mass is 10.0. The fourth-order valence-electron chi connectivity index (χ4n) is 2.41. The number of nitrogens with one attached hydrogen (secondary N) is 1. The Balaban J connectivity index is 2.17. The van der Waals surface area contributed by atoms with Gasteiger partial charge in [-0.15, -0.1) is 0 Å². The van der Waals surface area contributed by atoms with Crippen LogP contribution in [-0.2, 0) is 6.42 Å². The highest BCUT2D eigenvalue weighted by Crippen LogP contribution is 2.29. The summed E-state index contributed by atoms with van der Waals surface area (Å²) in [6.07, 6.45) is 6.89. The summed E-state index contributed by atoms with van der Waals surface area (Å²) in [7, 11) is 0. The van der Waals surface area contributed by atoms with Crippen LogP contribution in [0.4, 0.5) is 0 Å². The van der Waals surface area contributed by atoms with Crippen LogP contribution in [0, 0.1) is 0 Å². The van der Waals surface area contributed by atoms with Gasteiger partial charge in [-0.1, -0.05) is 43.7 Å². The first-order valence-corrected chi connectivity index (χ1v) is 6.77. The quantitative estimate of drug-likeness (QED) is 0.762. The van der Waals surface area contributed by atoms with Gasteiger partial charge < -0.3 is 4.98 Å². The van der Waals surface area contributed by atoms with E-state index in [2.05, 4.69) is 46.1 Å². The lowest BCUT2D eigenvalue weighted by Gasteiger charge is -2.03. The molecule has 96 valence electrons. The van der Waals surface area contributed by atoms with Crippen LogP contribution in [0.5, 0.6) is 0 Å². The van der Waals surface area contributed by atoms with Gasteiger partial charge in [0.25, 0.3) is 0 Å². The van der Waals surface area contributed by atoms with Crippen molar-refractivity contribution >= 4 is 11.2 Å². The van der Waals surface area contributed by atoms with Crippen LogP contribution < -0.4 is 0 Å². The van der Waals surface area contributed by atoms with Gasteiger partial charge in [0.1, 0.15) is 5.52 Å². The summed E-state index contributed by atoms with van der Waals surface area (Å²) < 4.78 is 0. The molecule has 0 amide bonds. The smallest absolute Gasteiger partial charge is 0.156 e. The number of hydrogen-bond acceptors (Lipinski definition) is 2. The van der Waals surface area contributed by atoms with E-state index in [0.29, 0.717) is 0 Å². The van der Waals surface area contributed by atoms with E-state index >= 15 is 0 Å². The maximum absolute atomic E-state index is 4.49. The van der Waals surface area contributed by atoms with Gasteiger partial charge in [0.15, 0.2) is 5.65 Å². The van der Waals surface area contributed by atoms with Gasteiger partial charge in [-0.3, -0.25) is 4.98 Å². The van der Waals surface area contributed by atoms with E-state index in [9.17, 15) is 0 Å². The van der Waals surface area contributed by atoms with Crippen LogP contribution in [0.15, 0.2) is 42.7 Å². The number of aromatic nitrogens is 3. The molecule has 0 aliphatic heterocycles. The Hall–Kier alpha value is -2.16. The number of hydrogen-bond donors (Lipinski definition) is 1. The third-order valence-electron chi connectivity index (χ3n) is 3.37. The largest absolute Gasteiger partial charge is 0.338 e. The van der Waals surface area contributed by atoms with E-state index in [0.717, 1.165) is 23.3 Å². The highest BCUT2D eigenvalue weighted by Gasteiger charge is 2.13. The van der Waals surface area contributed by atoms with Crippen molar-refractivity contribution in [3.05, 3.63) is 48.3 Å². The summed E-state index contributed by atoms with van der Waals surface area (Å²) in [5, 5.41) is 0. The topological polar surface area (TPSA) is 41.6 Å². The second-order valence-corrected chi connectivity index (χ2v) is 4.70. The predicted octanol–water partition coefficient (Wildman–Crippen LogP) is 3.97. The number of benzene rings is 1. The van der Waals surface area contributed by atoms with Crippen LogP contribution in [0.2, 0.25) is 0 Å². The van der Waals surface area contributed by atoms with Crippen LogP contribution in [-0.4, -0.2) is 15.0 Å². The van der Waals surface area contributed by atoms with Gasteiger partial charge in [0.05, 0.1) is 5.69 Å². The third-order valence-corrected chi connectivity index (χ3v) is 3.37. The SMILES string of the molecule is CCCCc1c(-c2ccccc2)[nH]c2nccnc12. The molecule has 0 radical (unpaired) electrons. The van der Waals surface area contributed by atoms with Crippen LogP contribution in [0.3, 0.4) is 0 Å². The van der Waals surface area contributed by atoms with Gasteiger partial charge in [0.2, 0.25) is 0 Å². The molecule has 0 saturated heterocycles. The van der Waals surface area contributed by atoms with Crippen LogP contribution >= 0.6 is 0 Å². The Morgan fingerprint density at radius 3 is 2.63 bits per heavy atom. The molecule has 0 aliphatic carbocycles. The molecule has 3 heteroatoms. The van der Waals surface area contributed by atoms with Crippen molar-refractivity contribution in [2.45, 2.75) is 26.2 Å². The molecule has 0 fully saturated rings. The molecular weight excluding hydrogens is 234 g/mol. The lowest BCUT2D eigenvalue weighted by Crippen LogP contribution is -1.89. The number of unbranched alkanes of at least 4 members (excludes halogenated alkanes) is 1. The second kappa shape index (κ2) is 5.22. The Kier molecular flexibility index (Phi) is 3.27. The molecule has 3 rings (SSSR count). The minimum absolute atomic E-state index is 0.882. The molecule has 1 N–H and O–H groups in total. The zero-order valence-corrected chi connectivity index (χ0v) is 11.1. The van der Waals surface area contributed by atoms with Gasteiger partial charge in [-0.25, -0.2) is 4.98 Å². The minimum Gasteiger partial charge on any atom is -0.338 e. The number of fused-ring (bicyclic) bond motifs is 1. The Morgan fingerprint density at radius 2 is 1.84 bits per heavy atom. The first-order chi connectivity index (χ1) is 9.40. The minimum atomic E-state index is 0.882. The Morgan fingerprint density at radius 1 is 1.05 bits per heavy atom. The van der Waals surface area contributed by atoms with Crippen LogP contribution in [0.1, 0.15) is 25.3 Å². The summed E-state index contributed by atoms with van der Waals surface area (Å²) >= 11 is 0. The molecule has 0 bridgehead atoms. The van der Waals surface area contributed by atoms with Crippen molar-refractivity contribution in [2.24, 2.45) is 0 Å². The van der Waals surface area contributed by atoms with Crippen molar-refractivity contribution < 1.29 is 0 Å². The lowest BCUT2D eigenvalue weighted by molar-refractivity contribution is 0.799. The van der Waals surface area contributed by atoms with Crippen molar-refractivity contribution in [2.75, 3.05) is 0 Å². The highest BCUT2D eigenvalue weighted by molar-refractivity contribution is 5.85. The monoisotopic (exact) mass is 251 g/mol. The fraction of sp³-hybridized carbons (Fsp3) is 0.250. The molecule has 1 aromatic carbocycles. The standard InChI is InChI=1S/C16H17N3/c1-2-3-9-13-14(12-7-5-4-6-8-12)19-16-15(13)17-10-11-18-16/h4-8,10-11H,2-3,9H2,1H3,(H,18,19). The maximum atomic E-state index is 4.49. The molecule has 0 atom stereocenters. The molecule has 2 aromatic heterocycles. The molecule has 0 spiro atoms. The van der Waals surface area contributed by atoms with Crippen molar-refractivity contribution in [1.82, 2.24) is 15.0 Å². The average Bonchev–Trinajstić information content (AvgIpc) is 2.85. The van der Waals surface area contributed by atoms with Crippen molar-refractivity contribution in [1.29, 1.82) is 0 Å². The molecule has 3 nitrogen and oxygen atoms in total. The summed E-state index contributed by atoms with van der Waals surface area (Å²) in [4.78, 5) is 12.3. The average molecular weight is 251 g/mol. The van der Waals surface area contributed by atoms with Gasteiger partial charge in [-0.2, -0.15) is 0 Å². The first kappa shape index (κ1) is 11.9. The summed E-state index contributed by atoms with van der Waals surface area (Å²) in [6.45, 7) is 2.21. The first-order valence-electron chi connectivity index (χ1n) is 6.77. The maximum Gasteiger partial charge on any atom is 0.156 e. The normalized spacial score (nSPS) is 11.0. The van der Waals surface area contributed by atoms with E-state index in [4.69, 9.17) is 0 Å². The summed E-state index contributed by atoms with van der Waals surface area (Å²) in [6, 6.07) is 10.4. The molecular formula is C16H17N3. The summed E-state index contributed by atoms with van der Waals surface area (Å²) in [5.41, 5.74) is 5.54. The molecule has 0 unspecified atom stereocenters. The van der Waals surface area contributed by atoms with E-state index in [1.165, 1.54) is 24.0 Å². The molecule has 0 saturated carbocycles. The van der Waals surface area contributed by atoms with E-state index in [1.54, 1.807) is 12.4 Å². The predicted molar refractivity (Wildman–Crippen MR) is 77.9 cm³/mol. The van der Waals surface area contributed by atoms with Gasteiger partial charge in [-0.05, 0) is 18.4 Å². The van der Waals surface area contributed by atoms with Gasteiger partial charge in [0, 0.05) is 18.0 Å². The van der Waals surface area contributed by atoms with Crippen LogP contribution in [0.25, 0.3) is 22.4 Å². The van der Waals surface area contributed by atoms with E-state index in [-0.39, 0.29) is 0 Å². The molecule has 3 aromatic rings. The zero-order chi connectivity index (χ0) is 13.1. The van der Waals surface area contributed by atoms with Crippen molar-refractivity contribution in [3.8, 4) is 11.3 Å². The Bertz CT molecular complexity index is 671. The highest BCUT2D eigenvalue weighted by atomic mass is 14.9. The molecule has 2 heterocycles. The summed E-state index contributed by atoms with van der Waals surface area (Å²) in [5.74, 6) is 0. The third kappa shape index (κ3) is 2.24. The number of H-pyrrole nitrogens is 1. The van der Waals surface area contributed by atoms with Gasteiger partial charge >= 0.3 is 0 Å². The number of nitrogens with zero attached hydrogens (tertiary/aromatic N) is 2. The number of aromatic amines is 1.